The predicted octanol–water partition coefficient (Wildman–Crippen LogP) is 4.77. The smallest absolute Gasteiger partial charge is 0.183 e. The molecular formula is C19H17ClN2O2. The molecule has 1 aromatic heterocycles. The summed E-state index contributed by atoms with van der Waals surface area (Å²) >= 11 is 6.45. The fourth-order valence-corrected chi connectivity index (χ4v) is 3.13. The van der Waals surface area contributed by atoms with Crippen molar-refractivity contribution in [2.45, 2.75) is 19.9 Å². The van der Waals surface area contributed by atoms with Gasteiger partial charge in [-0.05, 0) is 36.2 Å². The quantitative estimate of drug-likeness (QED) is 0.687. The van der Waals surface area contributed by atoms with Crippen molar-refractivity contribution in [3.8, 4) is 11.5 Å². The lowest BCUT2D eigenvalue weighted by Crippen LogP contribution is -2.21. The zero-order chi connectivity index (χ0) is 16.7. The molecule has 0 aliphatic carbocycles. The van der Waals surface area contributed by atoms with Crippen LogP contribution in [0.3, 0.4) is 0 Å². The highest BCUT2D eigenvalue weighted by molar-refractivity contribution is 6.33. The normalized spacial score (nSPS) is 13.0. The number of halogens is 1. The van der Waals surface area contributed by atoms with Crippen LogP contribution in [-0.2, 0) is 13.0 Å². The van der Waals surface area contributed by atoms with Crippen molar-refractivity contribution in [1.29, 1.82) is 0 Å². The molecule has 2 aromatic carbocycles. The molecule has 0 saturated heterocycles. The Kier molecular flexibility index (Phi) is 3.69. The molecule has 0 radical (unpaired) electrons. The Labute approximate surface area is 145 Å². The molecule has 0 saturated carbocycles. The van der Waals surface area contributed by atoms with Crippen LogP contribution in [0.25, 0.3) is 10.9 Å². The van der Waals surface area contributed by atoms with Crippen LogP contribution >= 0.6 is 11.6 Å². The fraction of sp³-hybridized carbons (Fsp3) is 0.211. The van der Waals surface area contributed by atoms with Crippen LogP contribution in [0.4, 0.5) is 5.82 Å². The topological polar surface area (TPSA) is 34.6 Å². The van der Waals surface area contributed by atoms with Crippen molar-refractivity contribution in [3.05, 3.63) is 58.6 Å². The Hall–Kier alpha value is -2.46. The maximum atomic E-state index is 6.45. The molecule has 0 N–H and O–H groups in total. The number of rotatable bonds is 3. The summed E-state index contributed by atoms with van der Waals surface area (Å²) in [6.45, 7) is 2.73. The molecule has 4 rings (SSSR count). The van der Waals surface area contributed by atoms with E-state index in [4.69, 9.17) is 26.2 Å². The van der Waals surface area contributed by atoms with E-state index < -0.39 is 0 Å². The van der Waals surface area contributed by atoms with E-state index in [1.807, 2.05) is 24.3 Å². The summed E-state index contributed by atoms with van der Waals surface area (Å²) in [5.74, 6) is 2.17. The highest BCUT2D eigenvalue weighted by atomic mass is 35.5. The summed E-state index contributed by atoms with van der Waals surface area (Å²) in [6, 6.07) is 14.0. The van der Waals surface area contributed by atoms with E-state index in [0.717, 1.165) is 34.4 Å². The minimum absolute atomic E-state index is 0.575. The van der Waals surface area contributed by atoms with Crippen LogP contribution in [-0.4, -0.2) is 12.1 Å². The van der Waals surface area contributed by atoms with Gasteiger partial charge in [0.2, 0.25) is 0 Å². The van der Waals surface area contributed by atoms with Crippen LogP contribution < -0.4 is 14.6 Å². The molecule has 24 heavy (non-hydrogen) atoms. The van der Waals surface area contributed by atoms with Gasteiger partial charge < -0.3 is 9.57 Å². The maximum absolute atomic E-state index is 6.45. The average Bonchev–Trinajstić information content (AvgIpc) is 3.03. The van der Waals surface area contributed by atoms with Gasteiger partial charge in [0, 0.05) is 17.0 Å². The van der Waals surface area contributed by atoms with Crippen molar-refractivity contribution in [2.24, 2.45) is 0 Å². The van der Waals surface area contributed by atoms with Gasteiger partial charge in [-0.3, -0.25) is 0 Å². The molecule has 4 nitrogen and oxygen atoms in total. The lowest BCUT2D eigenvalue weighted by Gasteiger charge is -2.17. The lowest BCUT2D eigenvalue weighted by molar-refractivity contribution is 0.303. The van der Waals surface area contributed by atoms with Crippen molar-refractivity contribution in [1.82, 2.24) is 4.98 Å². The highest BCUT2D eigenvalue weighted by Crippen LogP contribution is 2.37. The summed E-state index contributed by atoms with van der Waals surface area (Å²) in [4.78, 5) is 10.7. The molecule has 0 unspecified atom stereocenters. The maximum Gasteiger partial charge on any atom is 0.183 e. The second-order valence-corrected chi connectivity index (χ2v) is 6.18. The number of methoxy groups -OCH3 is 1. The Morgan fingerprint density at radius 1 is 1.21 bits per heavy atom. The lowest BCUT2D eigenvalue weighted by atomic mass is 10.1. The molecule has 0 atom stereocenters. The third-order valence-electron chi connectivity index (χ3n) is 4.26. The van der Waals surface area contributed by atoms with Crippen molar-refractivity contribution in [3.63, 3.8) is 0 Å². The summed E-state index contributed by atoms with van der Waals surface area (Å²) in [5.41, 5.74) is 3.25. The molecule has 0 amide bonds. The van der Waals surface area contributed by atoms with Gasteiger partial charge in [0.1, 0.15) is 5.75 Å². The van der Waals surface area contributed by atoms with Crippen molar-refractivity contribution in [2.75, 3.05) is 12.2 Å². The van der Waals surface area contributed by atoms with E-state index in [9.17, 15) is 0 Å². The first-order valence-electron chi connectivity index (χ1n) is 7.89. The van der Waals surface area contributed by atoms with Crippen LogP contribution in [0.2, 0.25) is 5.02 Å². The Morgan fingerprint density at radius 2 is 2.08 bits per heavy atom. The van der Waals surface area contributed by atoms with Crippen molar-refractivity contribution < 1.29 is 9.57 Å². The van der Waals surface area contributed by atoms with Gasteiger partial charge in [-0.2, -0.15) is 5.06 Å². The Balaban J connectivity index is 1.73. The number of anilines is 1. The number of benzene rings is 2. The van der Waals surface area contributed by atoms with Gasteiger partial charge in [-0.25, -0.2) is 4.98 Å². The molecule has 3 aromatic rings. The standard InChI is InChI=1S/C19H17ClN2O2/c1-3-12-4-5-13-9-16(20)19(21-17(13)8-12)22-11-14-6-7-15(23-2)10-18(14)24-22/h4-10H,3,11H2,1-2H3. The first kappa shape index (κ1) is 15.1. The number of fused-ring (bicyclic) bond motifs is 2. The number of aromatic nitrogens is 1. The van der Waals surface area contributed by atoms with Gasteiger partial charge in [-0.1, -0.05) is 30.7 Å². The zero-order valence-corrected chi connectivity index (χ0v) is 14.3. The number of hydroxylamine groups is 1. The second-order valence-electron chi connectivity index (χ2n) is 5.78. The molecule has 0 spiro atoms. The van der Waals surface area contributed by atoms with Gasteiger partial charge in [-0.15, -0.1) is 0 Å². The van der Waals surface area contributed by atoms with Gasteiger partial charge in [0.25, 0.3) is 0 Å². The Morgan fingerprint density at radius 3 is 2.88 bits per heavy atom. The second kappa shape index (κ2) is 5.87. The van der Waals surface area contributed by atoms with Crippen LogP contribution in [0.15, 0.2) is 42.5 Å². The molecule has 5 heteroatoms. The third-order valence-corrected chi connectivity index (χ3v) is 4.54. The monoisotopic (exact) mass is 340 g/mol. The molecular weight excluding hydrogens is 324 g/mol. The Bertz CT molecular complexity index is 927. The first-order valence-corrected chi connectivity index (χ1v) is 8.27. The molecule has 122 valence electrons. The van der Waals surface area contributed by atoms with Crippen LogP contribution in [0.5, 0.6) is 11.5 Å². The summed E-state index contributed by atoms with van der Waals surface area (Å²) in [6.07, 6.45) is 0.973. The van der Waals surface area contributed by atoms with Crippen LogP contribution in [0.1, 0.15) is 18.1 Å². The minimum Gasteiger partial charge on any atom is -0.497 e. The first-order chi connectivity index (χ1) is 11.7. The number of hydrogen-bond donors (Lipinski definition) is 0. The SMILES string of the molecule is CCc1ccc2cc(Cl)c(N3Cc4ccc(OC)cc4O3)nc2c1. The molecule has 0 fully saturated rings. The molecule has 1 aliphatic heterocycles. The summed E-state index contributed by atoms with van der Waals surface area (Å²) in [5, 5.41) is 3.33. The fourth-order valence-electron chi connectivity index (χ4n) is 2.87. The van der Waals surface area contributed by atoms with E-state index in [-0.39, 0.29) is 0 Å². The van der Waals surface area contributed by atoms with Gasteiger partial charge in [0.05, 0.1) is 24.2 Å². The highest BCUT2D eigenvalue weighted by Gasteiger charge is 2.25. The summed E-state index contributed by atoms with van der Waals surface area (Å²) in [7, 11) is 1.64. The largest absolute Gasteiger partial charge is 0.497 e. The van der Waals surface area contributed by atoms with Gasteiger partial charge >= 0.3 is 0 Å². The minimum atomic E-state index is 0.575. The number of ether oxygens (including phenoxy) is 1. The predicted molar refractivity (Wildman–Crippen MR) is 95.9 cm³/mol. The van der Waals surface area contributed by atoms with Gasteiger partial charge in [0.15, 0.2) is 11.6 Å². The summed E-state index contributed by atoms with van der Waals surface area (Å²) < 4.78 is 5.25. The number of pyridine rings is 1. The van der Waals surface area contributed by atoms with Crippen LogP contribution in [0, 0.1) is 0 Å². The molecule has 1 aliphatic rings. The molecule has 0 bridgehead atoms. The van der Waals surface area contributed by atoms with E-state index in [2.05, 4.69) is 25.1 Å². The number of aryl methyl sites for hydroxylation is 1. The van der Waals surface area contributed by atoms with E-state index in [0.29, 0.717) is 17.4 Å². The van der Waals surface area contributed by atoms with Crippen molar-refractivity contribution >= 4 is 28.3 Å². The zero-order valence-electron chi connectivity index (χ0n) is 13.5. The molecule has 2 heterocycles. The van der Waals surface area contributed by atoms with E-state index in [1.54, 1.807) is 12.2 Å². The van der Waals surface area contributed by atoms with E-state index >= 15 is 0 Å². The third kappa shape index (κ3) is 2.53. The van der Waals surface area contributed by atoms with E-state index in [1.165, 1.54) is 5.56 Å². The average molecular weight is 341 g/mol. The number of hydrogen-bond acceptors (Lipinski definition) is 4. The number of nitrogens with zero attached hydrogens (tertiary/aromatic N) is 2.